The van der Waals surface area contributed by atoms with E-state index in [1.807, 2.05) is 52.0 Å². The second-order valence-electron chi connectivity index (χ2n) is 6.05. The number of methoxy groups -OCH3 is 1. The van der Waals surface area contributed by atoms with Gasteiger partial charge in [0, 0.05) is 23.4 Å². The largest absolute Gasteiger partial charge is 0.496 e. The average molecular weight is 284 g/mol. The van der Waals surface area contributed by atoms with Crippen molar-refractivity contribution in [3.8, 4) is 17.0 Å². The highest BCUT2D eigenvalue weighted by Gasteiger charge is 2.14. The molecule has 0 saturated carbocycles. The van der Waals surface area contributed by atoms with Gasteiger partial charge in [-0.05, 0) is 32.9 Å². The van der Waals surface area contributed by atoms with Crippen LogP contribution in [0.1, 0.15) is 20.8 Å². The van der Waals surface area contributed by atoms with E-state index < -0.39 is 0 Å². The Bertz CT molecular complexity index is 764. The Hall–Kier alpha value is -2.43. The van der Waals surface area contributed by atoms with Gasteiger partial charge in [-0.1, -0.05) is 12.1 Å². The fraction of sp³-hybridized carbons (Fsp3) is 0.312. The first-order chi connectivity index (χ1) is 9.98. The van der Waals surface area contributed by atoms with Crippen LogP contribution in [0, 0.1) is 0 Å². The summed E-state index contributed by atoms with van der Waals surface area (Å²) in [5, 5.41) is 0. The number of nitrogens with zero attached hydrogens (tertiary/aromatic N) is 3. The maximum Gasteiger partial charge on any atom is 0.155 e. The predicted molar refractivity (Wildman–Crippen MR) is 84.3 cm³/mol. The first kappa shape index (κ1) is 13.5. The van der Waals surface area contributed by atoms with Gasteiger partial charge in [-0.2, -0.15) is 0 Å². The lowest BCUT2D eigenvalue weighted by atomic mass is 10.1. The van der Waals surface area contributed by atoms with E-state index in [0.717, 1.165) is 22.7 Å². The molecule has 2 aromatic heterocycles. The molecule has 0 bridgehead atoms. The summed E-state index contributed by atoms with van der Waals surface area (Å²) in [5.74, 6) is 0.827. The molecule has 1 aromatic carbocycles. The van der Waals surface area contributed by atoms with E-state index in [4.69, 9.17) is 4.74 Å². The zero-order chi connectivity index (χ0) is 15.0. The van der Waals surface area contributed by atoms with Crippen molar-refractivity contribution in [3.05, 3.63) is 42.7 Å². The van der Waals surface area contributed by atoms with E-state index in [9.17, 15) is 0 Å². The fourth-order valence-electron chi connectivity index (χ4n) is 2.30. The first-order valence-electron chi connectivity index (χ1n) is 6.96. The van der Waals surface area contributed by atoms with Gasteiger partial charge in [0.15, 0.2) is 5.65 Å². The summed E-state index contributed by atoms with van der Waals surface area (Å²) in [4.78, 5) is 6.61. The maximum atomic E-state index is 5.41. The predicted octanol–water partition coefficient (Wildman–Crippen LogP) is 3.15. The number of hydrogen-bond donors (Lipinski definition) is 1. The molecule has 5 heteroatoms. The van der Waals surface area contributed by atoms with Gasteiger partial charge in [0.25, 0.3) is 0 Å². The monoisotopic (exact) mass is 284 g/mol. The summed E-state index contributed by atoms with van der Waals surface area (Å²) >= 11 is 0. The molecule has 110 valence electrons. The minimum atomic E-state index is -0.0270. The van der Waals surface area contributed by atoms with Crippen LogP contribution in [0.15, 0.2) is 42.7 Å². The van der Waals surface area contributed by atoms with Crippen molar-refractivity contribution in [2.24, 2.45) is 0 Å². The molecular weight excluding hydrogens is 264 g/mol. The van der Waals surface area contributed by atoms with E-state index in [2.05, 4.69) is 31.2 Å². The molecule has 0 saturated heterocycles. The number of rotatable bonds is 3. The van der Waals surface area contributed by atoms with Crippen molar-refractivity contribution in [1.29, 1.82) is 0 Å². The van der Waals surface area contributed by atoms with Crippen molar-refractivity contribution in [2.75, 3.05) is 12.5 Å². The van der Waals surface area contributed by atoms with Crippen LogP contribution < -0.4 is 10.2 Å². The van der Waals surface area contributed by atoms with E-state index in [-0.39, 0.29) is 5.54 Å². The topological polar surface area (TPSA) is 43.5 Å². The molecule has 3 aromatic rings. The lowest BCUT2D eigenvalue weighted by molar-refractivity contribution is 0.416. The third-order valence-corrected chi connectivity index (χ3v) is 3.14. The zero-order valence-corrected chi connectivity index (χ0v) is 12.8. The number of aromatic nitrogens is 3. The van der Waals surface area contributed by atoms with E-state index in [0.29, 0.717) is 0 Å². The second-order valence-corrected chi connectivity index (χ2v) is 6.05. The highest BCUT2D eigenvalue weighted by Crippen LogP contribution is 2.28. The molecule has 1 N–H and O–H groups in total. The standard InChI is InChI=1S/C16H20N4O/c1-16(2,3)18-20-10-9-15-17-13(11-19(15)20)12-7-5-6-8-14(12)21-4/h5-11,18H,1-4H3. The Morgan fingerprint density at radius 3 is 2.62 bits per heavy atom. The molecule has 5 nitrogen and oxygen atoms in total. The lowest BCUT2D eigenvalue weighted by Gasteiger charge is -2.23. The van der Waals surface area contributed by atoms with E-state index in [1.54, 1.807) is 7.11 Å². The number of imidazole rings is 1. The van der Waals surface area contributed by atoms with Crippen LogP contribution in [0.5, 0.6) is 5.75 Å². The molecule has 2 heterocycles. The molecular formula is C16H20N4O. The Morgan fingerprint density at radius 2 is 1.90 bits per heavy atom. The van der Waals surface area contributed by atoms with Gasteiger partial charge < -0.3 is 10.2 Å². The van der Waals surface area contributed by atoms with Crippen LogP contribution in [0.4, 0.5) is 0 Å². The highest BCUT2D eigenvalue weighted by atomic mass is 16.5. The maximum absolute atomic E-state index is 5.41. The van der Waals surface area contributed by atoms with Gasteiger partial charge in [0.1, 0.15) is 5.75 Å². The number of fused-ring (bicyclic) bond motifs is 1. The van der Waals surface area contributed by atoms with Crippen molar-refractivity contribution in [2.45, 2.75) is 26.3 Å². The number of nitrogens with one attached hydrogen (secondary N) is 1. The molecule has 0 fully saturated rings. The first-order valence-corrected chi connectivity index (χ1v) is 6.96. The Kier molecular flexibility index (Phi) is 3.12. The van der Waals surface area contributed by atoms with Gasteiger partial charge in [0.2, 0.25) is 0 Å². The Labute approximate surface area is 124 Å². The van der Waals surface area contributed by atoms with Crippen LogP contribution in [0.3, 0.4) is 0 Å². The van der Waals surface area contributed by atoms with Crippen molar-refractivity contribution < 1.29 is 4.74 Å². The summed E-state index contributed by atoms with van der Waals surface area (Å²) < 4.78 is 7.40. The minimum Gasteiger partial charge on any atom is -0.496 e. The smallest absolute Gasteiger partial charge is 0.155 e. The zero-order valence-electron chi connectivity index (χ0n) is 12.8. The number of hydrogen-bond acceptors (Lipinski definition) is 3. The second kappa shape index (κ2) is 4.84. The summed E-state index contributed by atoms with van der Waals surface area (Å²) in [7, 11) is 1.68. The van der Waals surface area contributed by atoms with Crippen molar-refractivity contribution in [1.82, 2.24) is 14.3 Å². The molecule has 0 amide bonds. The number of para-hydroxylation sites is 1. The van der Waals surface area contributed by atoms with Crippen LogP contribution in [0.2, 0.25) is 0 Å². The minimum absolute atomic E-state index is 0.0270. The lowest BCUT2D eigenvalue weighted by Crippen LogP contribution is -2.35. The third-order valence-electron chi connectivity index (χ3n) is 3.14. The molecule has 21 heavy (non-hydrogen) atoms. The van der Waals surface area contributed by atoms with Crippen LogP contribution >= 0.6 is 0 Å². The SMILES string of the molecule is COc1ccccc1-c1cn2c(ccn2NC(C)(C)C)n1. The van der Waals surface area contributed by atoms with Crippen LogP contribution in [-0.2, 0) is 0 Å². The summed E-state index contributed by atoms with van der Waals surface area (Å²) in [6.45, 7) is 6.37. The van der Waals surface area contributed by atoms with Crippen LogP contribution in [-0.4, -0.2) is 26.9 Å². The Morgan fingerprint density at radius 1 is 1.14 bits per heavy atom. The van der Waals surface area contributed by atoms with Gasteiger partial charge >= 0.3 is 0 Å². The summed E-state index contributed by atoms with van der Waals surface area (Å²) in [5.41, 5.74) is 6.16. The van der Waals surface area contributed by atoms with Gasteiger partial charge in [-0.25, -0.2) is 14.3 Å². The average Bonchev–Trinajstić information content (AvgIpc) is 2.99. The molecule has 0 spiro atoms. The van der Waals surface area contributed by atoms with Gasteiger partial charge in [-0.3, -0.25) is 0 Å². The highest BCUT2D eigenvalue weighted by molar-refractivity contribution is 5.69. The van der Waals surface area contributed by atoms with Gasteiger partial charge in [-0.15, -0.1) is 0 Å². The molecule has 0 aliphatic rings. The van der Waals surface area contributed by atoms with Gasteiger partial charge in [0.05, 0.1) is 19.0 Å². The summed E-state index contributed by atoms with van der Waals surface area (Å²) in [6.07, 6.45) is 3.98. The van der Waals surface area contributed by atoms with Crippen LogP contribution in [0.25, 0.3) is 16.9 Å². The normalized spacial score (nSPS) is 11.8. The molecule has 0 aliphatic heterocycles. The fourth-order valence-corrected chi connectivity index (χ4v) is 2.30. The summed E-state index contributed by atoms with van der Waals surface area (Å²) in [6, 6.07) is 9.89. The molecule has 0 radical (unpaired) electrons. The molecule has 0 aliphatic carbocycles. The number of benzene rings is 1. The number of ether oxygens (including phenoxy) is 1. The third kappa shape index (κ3) is 2.59. The van der Waals surface area contributed by atoms with E-state index >= 15 is 0 Å². The quantitative estimate of drug-likeness (QED) is 0.803. The molecule has 0 unspecified atom stereocenters. The van der Waals surface area contributed by atoms with Crippen molar-refractivity contribution in [3.63, 3.8) is 0 Å². The molecule has 3 rings (SSSR count). The van der Waals surface area contributed by atoms with Crippen molar-refractivity contribution >= 4 is 5.65 Å². The van der Waals surface area contributed by atoms with E-state index in [1.165, 1.54) is 0 Å². The Balaban J connectivity index is 2.06. The molecule has 0 atom stereocenters.